The van der Waals surface area contributed by atoms with E-state index in [0.717, 1.165) is 22.5 Å². The predicted molar refractivity (Wildman–Crippen MR) is 80.9 cm³/mol. The van der Waals surface area contributed by atoms with Crippen LogP contribution in [0.1, 0.15) is 11.1 Å². The topological polar surface area (TPSA) is 48.2 Å². The zero-order valence-electron chi connectivity index (χ0n) is 10.5. The molecule has 4 heteroatoms. The van der Waals surface area contributed by atoms with Crippen LogP contribution in [-0.2, 0) is 0 Å². The molecule has 3 rings (SSSR count). The summed E-state index contributed by atoms with van der Waals surface area (Å²) in [5.74, 6) is 0. The third kappa shape index (κ3) is 2.29. The van der Waals surface area contributed by atoms with Crippen molar-refractivity contribution in [2.75, 3.05) is 5.32 Å². The molecule has 2 aromatic carbocycles. The Hall–Kier alpha value is -2.57. The molecule has 1 heterocycles. The maximum atomic E-state index is 9.12. The van der Waals surface area contributed by atoms with Crippen molar-refractivity contribution in [3.8, 4) is 6.07 Å². The minimum Gasteiger partial charge on any atom is -0.359 e. The van der Waals surface area contributed by atoms with Crippen LogP contribution in [-0.4, -0.2) is 5.71 Å². The first-order valence-corrected chi connectivity index (χ1v) is 6.46. The van der Waals surface area contributed by atoms with Gasteiger partial charge >= 0.3 is 0 Å². The Labute approximate surface area is 121 Å². The van der Waals surface area contributed by atoms with E-state index >= 15 is 0 Å². The summed E-state index contributed by atoms with van der Waals surface area (Å²) >= 11 is 6.09. The van der Waals surface area contributed by atoms with Crippen LogP contribution in [0, 0.1) is 11.3 Å². The van der Waals surface area contributed by atoms with Gasteiger partial charge in [0.05, 0.1) is 5.71 Å². The predicted octanol–water partition coefficient (Wildman–Crippen LogP) is 3.97. The minimum atomic E-state index is 0.330. The van der Waals surface area contributed by atoms with Gasteiger partial charge in [-0.2, -0.15) is 5.26 Å². The number of allylic oxidation sites excluding steroid dienone is 1. The van der Waals surface area contributed by atoms with Gasteiger partial charge in [0.15, 0.2) is 5.70 Å². The SMILES string of the molecule is N#CC1=CNc2ccc(Cl)cc2C(c2ccccc2)=N1. The van der Waals surface area contributed by atoms with Crippen LogP contribution in [0.3, 0.4) is 0 Å². The van der Waals surface area contributed by atoms with Crippen molar-refractivity contribution in [1.29, 1.82) is 5.26 Å². The summed E-state index contributed by atoms with van der Waals surface area (Å²) < 4.78 is 0. The fourth-order valence-electron chi connectivity index (χ4n) is 2.07. The molecule has 2 aromatic rings. The van der Waals surface area contributed by atoms with Crippen molar-refractivity contribution in [1.82, 2.24) is 0 Å². The molecule has 0 radical (unpaired) electrons. The summed E-state index contributed by atoms with van der Waals surface area (Å²) in [5, 5.41) is 12.9. The maximum absolute atomic E-state index is 9.12. The van der Waals surface area contributed by atoms with Crippen molar-refractivity contribution >= 4 is 23.0 Å². The molecule has 0 atom stereocenters. The second-order valence-electron chi connectivity index (χ2n) is 4.30. The highest BCUT2D eigenvalue weighted by Gasteiger charge is 2.15. The summed E-state index contributed by atoms with van der Waals surface area (Å²) in [4.78, 5) is 4.44. The van der Waals surface area contributed by atoms with Crippen LogP contribution < -0.4 is 5.32 Å². The molecule has 96 valence electrons. The number of aliphatic imine (C=N–C) groups is 1. The number of nitrogens with one attached hydrogen (secondary N) is 1. The van der Waals surface area contributed by atoms with E-state index in [1.54, 1.807) is 12.3 Å². The molecule has 0 unspecified atom stereocenters. The quantitative estimate of drug-likeness (QED) is 0.859. The van der Waals surface area contributed by atoms with E-state index in [4.69, 9.17) is 16.9 Å². The van der Waals surface area contributed by atoms with Crippen LogP contribution in [0.2, 0.25) is 5.02 Å². The number of rotatable bonds is 1. The molecule has 1 aliphatic rings. The van der Waals surface area contributed by atoms with Crippen molar-refractivity contribution in [2.24, 2.45) is 4.99 Å². The minimum absolute atomic E-state index is 0.330. The lowest BCUT2D eigenvalue weighted by atomic mass is 10.0. The lowest BCUT2D eigenvalue weighted by molar-refractivity contribution is 1.37. The van der Waals surface area contributed by atoms with E-state index < -0.39 is 0 Å². The Kier molecular flexibility index (Phi) is 3.24. The Bertz CT molecular complexity index is 755. The standard InChI is InChI=1S/C16H10ClN3/c17-12-6-7-15-14(8-12)16(11-4-2-1-3-5-11)20-13(9-18)10-19-15/h1-8,10,19H. The van der Waals surface area contributed by atoms with Crippen molar-refractivity contribution in [3.63, 3.8) is 0 Å². The highest BCUT2D eigenvalue weighted by Crippen LogP contribution is 2.27. The summed E-state index contributed by atoms with van der Waals surface area (Å²) in [7, 11) is 0. The molecule has 0 aliphatic carbocycles. The zero-order chi connectivity index (χ0) is 13.9. The Morgan fingerprint density at radius 3 is 2.65 bits per heavy atom. The van der Waals surface area contributed by atoms with Gasteiger partial charge in [-0.05, 0) is 18.2 Å². The van der Waals surface area contributed by atoms with Crippen LogP contribution >= 0.6 is 11.6 Å². The third-order valence-electron chi connectivity index (χ3n) is 3.00. The highest BCUT2D eigenvalue weighted by molar-refractivity contribution is 6.31. The van der Waals surface area contributed by atoms with Gasteiger partial charge in [-0.1, -0.05) is 41.9 Å². The molecule has 0 saturated carbocycles. The molecule has 1 N–H and O–H groups in total. The van der Waals surface area contributed by atoms with Gasteiger partial charge in [-0.3, -0.25) is 0 Å². The average molecular weight is 280 g/mol. The first kappa shape index (κ1) is 12.5. The summed E-state index contributed by atoms with van der Waals surface area (Å²) in [6, 6.07) is 17.4. The van der Waals surface area contributed by atoms with Gasteiger partial charge in [-0.25, -0.2) is 4.99 Å². The normalized spacial score (nSPS) is 13.2. The average Bonchev–Trinajstić information content (AvgIpc) is 2.67. The molecule has 0 amide bonds. The lowest BCUT2D eigenvalue weighted by Crippen LogP contribution is -2.05. The second kappa shape index (κ2) is 5.20. The molecular formula is C16H10ClN3. The number of benzene rings is 2. The number of halogens is 1. The molecule has 0 aromatic heterocycles. The zero-order valence-corrected chi connectivity index (χ0v) is 11.2. The van der Waals surface area contributed by atoms with E-state index in [1.165, 1.54) is 0 Å². The van der Waals surface area contributed by atoms with Crippen molar-refractivity contribution < 1.29 is 0 Å². The van der Waals surface area contributed by atoms with Gasteiger partial charge in [0.2, 0.25) is 0 Å². The van der Waals surface area contributed by atoms with E-state index in [-0.39, 0.29) is 0 Å². The first-order chi connectivity index (χ1) is 9.78. The molecule has 0 saturated heterocycles. The molecule has 20 heavy (non-hydrogen) atoms. The molecule has 0 fully saturated rings. The number of anilines is 1. The van der Waals surface area contributed by atoms with E-state index in [9.17, 15) is 0 Å². The number of nitrogens with zero attached hydrogens (tertiary/aromatic N) is 2. The van der Waals surface area contributed by atoms with E-state index in [2.05, 4.69) is 16.4 Å². The van der Waals surface area contributed by atoms with Crippen LogP contribution in [0.5, 0.6) is 0 Å². The van der Waals surface area contributed by atoms with Crippen LogP contribution in [0.25, 0.3) is 0 Å². The van der Waals surface area contributed by atoms with Gasteiger partial charge < -0.3 is 5.32 Å². The second-order valence-corrected chi connectivity index (χ2v) is 4.74. The molecule has 0 spiro atoms. The number of hydrogen-bond donors (Lipinski definition) is 1. The molecular weight excluding hydrogens is 270 g/mol. The van der Waals surface area contributed by atoms with Gasteiger partial charge in [0.25, 0.3) is 0 Å². The number of fused-ring (bicyclic) bond motifs is 1. The Balaban J connectivity index is 2.24. The van der Waals surface area contributed by atoms with E-state index in [1.807, 2.05) is 42.5 Å². The summed E-state index contributed by atoms with van der Waals surface area (Å²) in [5.41, 5.74) is 3.77. The number of hydrogen-bond acceptors (Lipinski definition) is 3. The maximum Gasteiger partial charge on any atom is 0.157 e. The van der Waals surface area contributed by atoms with Gasteiger partial charge in [-0.15, -0.1) is 0 Å². The largest absolute Gasteiger partial charge is 0.359 e. The Morgan fingerprint density at radius 1 is 1.10 bits per heavy atom. The molecule has 3 nitrogen and oxygen atoms in total. The smallest absolute Gasteiger partial charge is 0.157 e. The van der Waals surface area contributed by atoms with Gasteiger partial charge in [0.1, 0.15) is 6.07 Å². The van der Waals surface area contributed by atoms with Crippen molar-refractivity contribution in [2.45, 2.75) is 0 Å². The fraction of sp³-hybridized carbons (Fsp3) is 0. The lowest BCUT2D eigenvalue weighted by Gasteiger charge is -2.10. The highest BCUT2D eigenvalue weighted by atomic mass is 35.5. The first-order valence-electron chi connectivity index (χ1n) is 6.09. The molecule has 1 aliphatic heterocycles. The van der Waals surface area contributed by atoms with Gasteiger partial charge in [0, 0.05) is 28.0 Å². The van der Waals surface area contributed by atoms with E-state index in [0.29, 0.717) is 10.7 Å². The number of nitriles is 1. The van der Waals surface area contributed by atoms with Crippen molar-refractivity contribution in [3.05, 3.63) is 76.6 Å². The fourth-order valence-corrected chi connectivity index (χ4v) is 2.24. The molecule has 0 bridgehead atoms. The third-order valence-corrected chi connectivity index (χ3v) is 3.23. The van der Waals surface area contributed by atoms with Crippen LogP contribution in [0.4, 0.5) is 5.69 Å². The van der Waals surface area contributed by atoms with Crippen LogP contribution in [0.15, 0.2) is 65.4 Å². The summed E-state index contributed by atoms with van der Waals surface area (Å²) in [6.07, 6.45) is 1.60. The Morgan fingerprint density at radius 2 is 1.90 bits per heavy atom. The monoisotopic (exact) mass is 279 g/mol. The summed E-state index contributed by atoms with van der Waals surface area (Å²) in [6.45, 7) is 0.